The van der Waals surface area contributed by atoms with Crippen LogP contribution in [0.5, 0.6) is 0 Å². The fourth-order valence-corrected chi connectivity index (χ4v) is 4.56. The molecule has 0 unspecified atom stereocenters. The summed E-state index contributed by atoms with van der Waals surface area (Å²) >= 11 is 13.7. The van der Waals surface area contributed by atoms with Crippen LogP contribution in [0.3, 0.4) is 0 Å². The van der Waals surface area contributed by atoms with Gasteiger partial charge in [-0.25, -0.2) is 0 Å². The normalized spacial score (nSPS) is 10.9. The molecule has 2 aromatic heterocycles. The fraction of sp³-hybridized carbons (Fsp3) is 0. The Kier molecular flexibility index (Phi) is 4.85. The number of fused-ring (bicyclic) bond motifs is 1. The second-order valence-corrected chi connectivity index (χ2v) is 7.77. The van der Waals surface area contributed by atoms with Crippen molar-refractivity contribution in [3.63, 3.8) is 0 Å². The van der Waals surface area contributed by atoms with Crippen LogP contribution in [0.25, 0.3) is 15.9 Å². The molecular formula is C20H13Cl2N3O2S. The summed E-state index contributed by atoms with van der Waals surface area (Å²) in [6, 6.07) is 17.4. The highest BCUT2D eigenvalue weighted by atomic mass is 35.5. The molecule has 28 heavy (non-hydrogen) atoms. The second kappa shape index (κ2) is 7.31. The summed E-state index contributed by atoms with van der Waals surface area (Å²) < 4.78 is 1.55. The zero-order valence-corrected chi connectivity index (χ0v) is 16.6. The Hall–Kier alpha value is -2.80. The van der Waals surface area contributed by atoms with E-state index < -0.39 is 5.91 Å². The number of nitrogens with one attached hydrogen (secondary N) is 1. The minimum Gasteiger partial charge on any atom is -0.365 e. The number of hydrogen-bond acceptors (Lipinski definition) is 4. The van der Waals surface area contributed by atoms with Crippen LogP contribution in [-0.2, 0) is 0 Å². The van der Waals surface area contributed by atoms with Crippen molar-refractivity contribution in [2.75, 3.05) is 5.32 Å². The van der Waals surface area contributed by atoms with Gasteiger partial charge in [0.15, 0.2) is 0 Å². The summed E-state index contributed by atoms with van der Waals surface area (Å²) in [6.45, 7) is 0. The molecule has 1 amide bonds. The number of nitrogens with zero attached hydrogens (tertiary/aromatic N) is 1. The molecule has 4 aromatic rings. The molecule has 140 valence electrons. The number of amides is 1. The molecule has 0 saturated heterocycles. The number of aromatic nitrogens is 1. The van der Waals surface area contributed by atoms with E-state index in [1.165, 1.54) is 6.07 Å². The van der Waals surface area contributed by atoms with E-state index in [1.54, 1.807) is 28.8 Å². The number of thiophene rings is 1. The summed E-state index contributed by atoms with van der Waals surface area (Å²) in [7, 11) is 0. The summed E-state index contributed by atoms with van der Waals surface area (Å²) in [4.78, 5) is 25.6. The van der Waals surface area contributed by atoms with Crippen LogP contribution in [0.15, 0.2) is 65.5 Å². The smallest absolute Gasteiger partial charge is 0.261 e. The zero-order valence-electron chi connectivity index (χ0n) is 14.3. The number of nitrogens with two attached hydrogens (primary N) is 1. The van der Waals surface area contributed by atoms with Gasteiger partial charge in [-0.2, -0.15) is 0 Å². The molecule has 0 fully saturated rings. The molecule has 0 saturated carbocycles. The van der Waals surface area contributed by atoms with Gasteiger partial charge in [-0.05, 0) is 30.3 Å². The molecule has 0 bridgehead atoms. The van der Waals surface area contributed by atoms with E-state index in [0.717, 1.165) is 11.3 Å². The molecule has 0 aliphatic heterocycles. The fourth-order valence-electron chi connectivity index (χ4n) is 2.94. The number of halogens is 2. The van der Waals surface area contributed by atoms with Crippen molar-refractivity contribution >= 4 is 62.0 Å². The van der Waals surface area contributed by atoms with Gasteiger partial charge in [-0.3, -0.25) is 14.2 Å². The number of primary amides is 1. The first-order valence-corrected chi connectivity index (χ1v) is 9.79. The molecule has 0 radical (unpaired) electrons. The lowest BCUT2D eigenvalue weighted by Gasteiger charge is -2.11. The number of carbonyl (C=O) groups excluding carboxylic acids is 1. The zero-order chi connectivity index (χ0) is 19.8. The lowest BCUT2D eigenvalue weighted by Crippen LogP contribution is -2.16. The summed E-state index contributed by atoms with van der Waals surface area (Å²) in [5.74, 6) is -0.612. The number of para-hydroxylation sites is 2. The Labute approximate surface area is 173 Å². The van der Waals surface area contributed by atoms with E-state index in [0.29, 0.717) is 37.3 Å². The van der Waals surface area contributed by atoms with E-state index in [-0.39, 0.29) is 10.4 Å². The maximum Gasteiger partial charge on any atom is 0.261 e. The number of anilines is 2. The molecule has 0 aliphatic carbocycles. The molecule has 2 heterocycles. The molecule has 3 N–H and O–H groups in total. The van der Waals surface area contributed by atoms with Gasteiger partial charge in [0.1, 0.15) is 9.71 Å². The summed E-state index contributed by atoms with van der Waals surface area (Å²) in [5.41, 5.74) is 7.02. The average molecular weight is 430 g/mol. The Morgan fingerprint density at radius 1 is 0.929 bits per heavy atom. The molecular weight excluding hydrogens is 417 g/mol. The SMILES string of the molecule is NC(=O)c1sc2c(ccc(=O)n2-c2ccccc2)c1Nc1c(Cl)cccc1Cl. The van der Waals surface area contributed by atoms with Crippen molar-refractivity contribution < 1.29 is 4.79 Å². The van der Waals surface area contributed by atoms with Crippen LogP contribution in [0.2, 0.25) is 10.0 Å². The number of carbonyl (C=O) groups is 1. The standard InChI is InChI=1S/C20H13Cl2N3O2S/c21-13-7-4-8-14(22)17(13)24-16-12-9-10-15(26)25(11-5-2-1-3-6-11)20(12)28-18(16)19(23)27/h1-10,24H,(H2,23,27). The van der Waals surface area contributed by atoms with Crippen molar-refractivity contribution in [1.29, 1.82) is 0 Å². The van der Waals surface area contributed by atoms with Gasteiger partial charge < -0.3 is 11.1 Å². The van der Waals surface area contributed by atoms with Crippen LogP contribution in [0.1, 0.15) is 9.67 Å². The lowest BCUT2D eigenvalue weighted by atomic mass is 10.2. The van der Waals surface area contributed by atoms with Crippen molar-refractivity contribution in [3.05, 3.63) is 85.9 Å². The van der Waals surface area contributed by atoms with E-state index in [9.17, 15) is 9.59 Å². The minimum absolute atomic E-state index is 0.210. The van der Waals surface area contributed by atoms with Gasteiger partial charge in [0.05, 0.1) is 27.1 Å². The molecule has 2 aromatic carbocycles. The van der Waals surface area contributed by atoms with Crippen LogP contribution in [0.4, 0.5) is 11.4 Å². The third kappa shape index (κ3) is 3.16. The van der Waals surface area contributed by atoms with Gasteiger partial charge in [-0.15, -0.1) is 11.3 Å². The van der Waals surface area contributed by atoms with Crippen LogP contribution < -0.4 is 16.6 Å². The highest BCUT2D eigenvalue weighted by molar-refractivity contribution is 7.21. The van der Waals surface area contributed by atoms with Crippen molar-refractivity contribution in [3.8, 4) is 5.69 Å². The number of benzene rings is 2. The van der Waals surface area contributed by atoms with Crippen LogP contribution >= 0.6 is 34.5 Å². The van der Waals surface area contributed by atoms with Crippen molar-refractivity contribution in [2.45, 2.75) is 0 Å². The second-order valence-electron chi connectivity index (χ2n) is 5.95. The first kappa shape index (κ1) is 18.6. The van der Waals surface area contributed by atoms with Crippen molar-refractivity contribution in [1.82, 2.24) is 4.57 Å². The average Bonchev–Trinajstić information content (AvgIpc) is 3.04. The largest absolute Gasteiger partial charge is 0.365 e. The molecule has 0 aliphatic rings. The van der Waals surface area contributed by atoms with Gasteiger partial charge in [-0.1, -0.05) is 47.5 Å². The maximum atomic E-state index is 12.6. The van der Waals surface area contributed by atoms with E-state index in [4.69, 9.17) is 28.9 Å². The number of hydrogen-bond donors (Lipinski definition) is 2. The molecule has 0 spiro atoms. The molecule has 8 heteroatoms. The van der Waals surface area contributed by atoms with E-state index in [2.05, 4.69) is 5.32 Å². The number of pyridine rings is 1. The van der Waals surface area contributed by atoms with Crippen LogP contribution in [0, 0.1) is 0 Å². The van der Waals surface area contributed by atoms with Gasteiger partial charge >= 0.3 is 0 Å². The Balaban J connectivity index is 2.01. The molecule has 5 nitrogen and oxygen atoms in total. The summed E-state index contributed by atoms with van der Waals surface area (Å²) in [5, 5.41) is 4.61. The lowest BCUT2D eigenvalue weighted by molar-refractivity contribution is 0.100. The van der Waals surface area contributed by atoms with Gasteiger partial charge in [0, 0.05) is 11.5 Å². The Bertz CT molecular complexity index is 1250. The first-order valence-electron chi connectivity index (χ1n) is 8.22. The first-order chi connectivity index (χ1) is 13.5. The topological polar surface area (TPSA) is 77.1 Å². The Morgan fingerprint density at radius 3 is 2.25 bits per heavy atom. The quantitative estimate of drug-likeness (QED) is 0.467. The predicted molar refractivity (Wildman–Crippen MR) is 116 cm³/mol. The third-order valence-corrected chi connectivity index (χ3v) is 6.03. The third-order valence-electron chi connectivity index (χ3n) is 4.19. The predicted octanol–water partition coefficient (Wildman–Crippen LogP) is 5.20. The highest BCUT2D eigenvalue weighted by Crippen LogP contribution is 2.40. The van der Waals surface area contributed by atoms with Gasteiger partial charge in [0.2, 0.25) is 0 Å². The summed E-state index contributed by atoms with van der Waals surface area (Å²) in [6.07, 6.45) is 0. The Morgan fingerprint density at radius 2 is 1.61 bits per heavy atom. The maximum absolute atomic E-state index is 12.6. The minimum atomic E-state index is -0.612. The van der Waals surface area contributed by atoms with Crippen molar-refractivity contribution in [2.24, 2.45) is 5.73 Å². The monoisotopic (exact) mass is 429 g/mol. The van der Waals surface area contributed by atoms with Gasteiger partial charge in [0.25, 0.3) is 11.5 Å². The highest BCUT2D eigenvalue weighted by Gasteiger charge is 2.21. The van der Waals surface area contributed by atoms with E-state index >= 15 is 0 Å². The molecule has 0 atom stereocenters. The van der Waals surface area contributed by atoms with E-state index in [1.807, 2.05) is 30.3 Å². The number of rotatable bonds is 4. The van der Waals surface area contributed by atoms with Crippen LogP contribution in [-0.4, -0.2) is 10.5 Å². The molecule has 4 rings (SSSR count).